The van der Waals surface area contributed by atoms with Crippen LogP contribution in [-0.2, 0) is 18.3 Å². The molecule has 0 atom stereocenters. The average molecular weight is 231 g/mol. The van der Waals surface area contributed by atoms with E-state index < -0.39 is 0 Å². The fraction of sp³-hybridized carbons (Fsp3) is 0.600. The number of phenolic OH excluding ortho intramolecular Hbond substituents is 1. The molecule has 1 aromatic carbocycles. The molecule has 0 amide bonds. The topological polar surface area (TPSA) is 46.2 Å². The molecular formula is C15H21NO. The fourth-order valence-electron chi connectivity index (χ4n) is 3.67. The Morgan fingerprint density at radius 1 is 1.06 bits per heavy atom. The summed E-state index contributed by atoms with van der Waals surface area (Å²) in [5.74, 6) is 0.484. The number of benzene rings is 1. The van der Waals surface area contributed by atoms with Crippen LogP contribution in [0.1, 0.15) is 48.8 Å². The van der Waals surface area contributed by atoms with E-state index in [1.54, 1.807) is 0 Å². The zero-order valence-corrected chi connectivity index (χ0v) is 10.3. The van der Waals surface area contributed by atoms with Crippen molar-refractivity contribution in [3.8, 4) is 5.75 Å². The quantitative estimate of drug-likeness (QED) is 0.822. The number of rotatable bonds is 2. The molecule has 1 saturated carbocycles. The Morgan fingerprint density at radius 3 is 2.35 bits per heavy atom. The van der Waals surface area contributed by atoms with Crippen molar-refractivity contribution in [1.29, 1.82) is 0 Å². The van der Waals surface area contributed by atoms with Gasteiger partial charge >= 0.3 is 0 Å². The van der Waals surface area contributed by atoms with E-state index in [1.807, 2.05) is 6.07 Å². The Kier molecular flexibility index (Phi) is 2.62. The molecule has 17 heavy (non-hydrogen) atoms. The van der Waals surface area contributed by atoms with Gasteiger partial charge in [0.25, 0.3) is 0 Å². The summed E-state index contributed by atoms with van der Waals surface area (Å²) in [6.45, 7) is 0.666. The van der Waals surface area contributed by atoms with Crippen LogP contribution in [0.2, 0.25) is 0 Å². The zero-order valence-electron chi connectivity index (χ0n) is 10.3. The molecule has 0 saturated heterocycles. The second kappa shape index (κ2) is 4.02. The summed E-state index contributed by atoms with van der Waals surface area (Å²) < 4.78 is 0. The largest absolute Gasteiger partial charge is 0.508 e. The first-order valence-electron chi connectivity index (χ1n) is 6.80. The Bertz CT molecular complexity index is 433. The fourth-order valence-corrected chi connectivity index (χ4v) is 3.67. The summed E-state index contributed by atoms with van der Waals surface area (Å²) in [7, 11) is 0. The third kappa shape index (κ3) is 1.66. The zero-order chi connectivity index (χ0) is 11.9. The summed E-state index contributed by atoms with van der Waals surface area (Å²) >= 11 is 0. The van der Waals surface area contributed by atoms with Crippen molar-refractivity contribution in [3.63, 3.8) is 0 Å². The number of aromatic hydroxyl groups is 1. The highest BCUT2D eigenvalue weighted by atomic mass is 16.3. The van der Waals surface area contributed by atoms with Crippen molar-refractivity contribution >= 4 is 0 Å². The van der Waals surface area contributed by atoms with E-state index in [9.17, 15) is 5.11 Å². The van der Waals surface area contributed by atoms with Gasteiger partial charge in [0.15, 0.2) is 0 Å². The van der Waals surface area contributed by atoms with Gasteiger partial charge in [-0.25, -0.2) is 0 Å². The van der Waals surface area contributed by atoms with E-state index in [1.165, 1.54) is 36.8 Å². The lowest BCUT2D eigenvalue weighted by Crippen LogP contribution is -2.32. The van der Waals surface area contributed by atoms with Crippen molar-refractivity contribution in [3.05, 3.63) is 28.8 Å². The number of hydrogen-bond acceptors (Lipinski definition) is 2. The molecule has 0 radical (unpaired) electrons. The second-order valence-corrected chi connectivity index (χ2v) is 5.68. The van der Waals surface area contributed by atoms with Gasteiger partial charge in [-0.3, -0.25) is 0 Å². The van der Waals surface area contributed by atoms with Gasteiger partial charge < -0.3 is 10.8 Å². The van der Waals surface area contributed by atoms with Crippen LogP contribution < -0.4 is 5.73 Å². The molecule has 3 rings (SSSR count). The van der Waals surface area contributed by atoms with Crippen molar-refractivity contribution in [2.75, 3.05) is 6.54 Å². The summed E-state index contributed by atoms with van der Waals surface area (Å²) in [5, 5.41) is 10.3. The Balaban J connectivity index is 2.07. The van der Waals surface area contributed by atoms with Gasteiger partial charge in [-0.1, -0.05) is 18.9 Å². The molecule has 0 aliphatic heterocycles. The maximum absolute atomic E-state index is 10.3. The SMILES string of the molecule is NCC1(c2cc3c(cc2O)CCC3)CCCC1. The van der Waals surface area contributed by atoms with E-state index in [2.05, 4.69) is 6.07 Å². The van der Waals surface area contributed by atoms with E-state index >= 15 is 0 Å². The van der Waals surface area contributed by atoms with Crippen molar-refractivity contribution in [2.45, 2.75) is 50.4 Å². The maximum atomic E-state index is 10.3. The molecule has 3 N–H and O–H groups in total. The van der Waals surface area contributed by atoms with Gasteiger partial charge in [-0.2, -0.15) is 0 Å². The number of phenols is 1. The molecule has 2 nitrogen and oxygen atoms in total. The van der Waals surface area contributed by atoms with Crippen molar-refractivity contribution in [2.24, 2.45) is 5.73 Å². The molecule has 1 fully saturated rings. The lowest BCUT2D eigenvalue weighted by molar-refractivity contribution is 0.405. The summed E-state index contributed by atoms with van der Waals surface area (Å²) in [6.07, 6.45) is 8.28. The third-order valence-corrected chi connectivity index (χ3v) is 4.73. The van der Waals surface area contributed by atoms with Crippen molar-refractivity contribution in [1.82, 2.24) is 0 Å². The molecule has 2 heteroatoms. The van der Waals surface area contributed by atoms with Gasteiger partial charge in [0.2, 0.25) is 0 Å². The number of hydrogen-bond donors (Lipinski definition) is 2. The van der Waals surface area contributed by atoms with Gasteiger partial charge in [0.05, 0.1) is 0 Å². The highest BCUT2D eigenvalue weighted by Gasteiger charge is 2.37. The molecule has 2 aliphatic rings. The van der Waals surface area contributed by atoms with Crippen LogP contribution in [0, 0.1) is 0 Å². The lowest BCUT2D eigenvalue weighted by atomic mass is 9.77. The smallest absolute Gasteiger partial charge is 0.119 e. The molecule has 92 valence electrons. The highest BCUT2D eigenvalue weighted by molar-refractivity contribution is 5.48. The van der Waals surface area contributed by atoms with Crippen LogP contribution in [0.5, 0.6) is 5.75 Å². The van der Waals surface area contributed by atoms with E-state index in [4.69, 9.17) is 5.73 Å². The predicted molar refractivity (Wildman–Crippen MR) is 69.3 cm³/mol. The minimum atomic E-state index is 0.0572. The first-order valence-corrected chi connectivity index (χ1v) is 6.80. The molecular weight excluding hydrogens is 210 g/mol. The lowest BCUT2D eigenvalue weighted by Gasteiger charge is -2.29. The van der Waals surface area contributed by atoms with Crippen LogP contribution >= 0.6 is 0 Å². The van der Waals surface area contributed by atoms with Gasteiger partial charge in [0.1, 0.15) is 5.75 Å². The highest BCUT2D eigenvalue weighted by Crippen LogP contribution is 2.45. The van der Waals surface area contributed by atoms with E-state index in [0.717, 1.165) is 24.8 Å². The minimum absolute atomic E-state index is 0.0572. The molecule has 2 aliphatic carbocycles. The maximum Gasteiger partial charge on any atom is 0.119 e. The number of nitrogens with two attached hydrogens (primary N) is 1. The Hall–Kier alpha value is -1.02. The Morgan fingerprint density at radius 2 is 1.71 bits per heavy atom. The van der Waals surface area contributed by atoms with Crippen LogP contribution in [0.25, 0.3) is 0 Å². The number of fused-ring (bicyclic) bond motifs is 1. The molecule has 0 unspecified atom stereocenters. The number of aryl methyl sites for hydroxylation is 2. The van der Waals surface area contributed by atoms with Gasteiger partial charge in [-0.05, 0) is 49.3 Å². The summed E-state index contributed by atoms with van der Waals surface area (Å²) in [4.78, 5) is 0. The van der Waals surface area contributed by atoms with Crippen molar-refractivity contribution < 1.29 is 5.11 Å². The first kappa shape index (κ1) is 11.1. The standard InChI is InChI=1S/C15H21NO/c16-10-15(6-1-2-7-15)13-8-11-4-3-5-12(11)9-14(13)17/h8-9,17H,1-7,10,16H2. The minimum Gasteiger partial charge on any atom is -0.508 e. The molecule has 0 bridgehead atoms. The molecule has 1 aromatic rings. The first-order chi connectivity index (χ1) is 8.25. The van der Waals surface area contributed by atoms with Gasteiger partial charge in [-0.15, -0.1) is 0 Å². The molecule has 0 heterocycles. The molecule has 0 spiro atoms. The Labute approximate surface area is 103 Å². The second-order valence-electron chi connectivity index (χ2n) is 5.68. The average Bonchev–Trinajstić information content (AvgIpc) is 2.95. The van der Waals surface area contributed by atoms with E-state index in [0.29, 0.717) is 12.3 Å². The van der Waals surface area contributed by atoms with Crippen LogP contribution in [-0.4, -0.2) is 11.7 Å². The predicted octanol–water partition coefficient (Wildman–Crippen LogP) is 2.65. The molecule has 0 aromatic heterocycles. The summed E-state index contributed by atoms with van der Waals surface area (Å²) in [6, 6.07) is 4.24. The monoisotopic (exact) mass is 231 g/mol. The third-order valence-electron chi connectivity index (χ3n) is 4.73. The van der Waals surface area contributed by atoms with Crippen LogP contribution in [0.15, 0.2) is 12.1 Å². The van der Waals surface area contributed by atoms with Gasteiger partial charge in [0, 0.05) is 17.5 Å². The van der Waals surface area contributed by atoms with E-state index in [-0.39, 0.29) is 5.41 Å². The van der Waals surface area contributed by atoms with Crippen LogP contribution in [0.4, 0.5) is 0 Å². The van der Waals surface area contributed by atoms with Crippen LogP contribution in [0.3, 0.4) is 0 Å². The normalized spacial score (nSPS) is 21.7. The summed E-state index contributed by atoms with van der Waals surface area (Å²) in [5.41, 5.74) is 9.97.